The molecule has 0 aromatic rings. The van der Waals surface area contributed by atoms with Crippen molar-refractivity contribution >= 4 is 27.7 Å². The van der Waals surface area contributed by atoms with Crippen LogP contribution in [0.3, 0.4) is 0 Å². The van der Waals surface area contributed by atoms with Crippen LogP contribution in [0.5, 0.6) is 0 Å². The summed E-state index contributed by atoms with van der Waals surface area (Å²) in [6, 6.07) is 0. The minimum atomic E-state index is -0.559. The van der Waals surface area contributed by atoms with Gasteiger partial charge in [0.1, 0.15) is 6.10 Å². The molecule has 0 radical (unpaired) electrons. The number of carbonyl (C=O) groups is 1. The second kappa shape index (κ2) is 7.75. The van der Waals surface area contributed by atoms with Gasteiger partial charge in [-0.1, -0.05) is 15.9 Å². The second-order valence-corrected chi connectivity index (χ2v) is 3.11. The Balaban J connectivity index is 4.03. The predicted octanol–water partition coefficient (Wildman–Crippen LogP) is 1.52. The van der Waals surface area contributed by atoms with Crippen molar-refractivity contribution in [1.29, 1.82) is 0 Å². The highest BCUT2D eigenvalue weighted by atomic mass is 79.9. The Bertz CT molecular complexity index is 205. The number of amides is 1. The lowest BCUT2D eigenvalue weighted by atomic mass is 10.3. The van der Waals surface area contributed by atoms with Crippen LogP contribution < -0.4 is 5.43 Å². The molecule has 1 atom stereocenters. The molecule has 5 nitrogen and oxygen atoms in total. The van der Waals surface area contributed by atoms with E-state index in [1.165, 1.54) is 0 Å². The van der Waals surface area contributed by atoms with Crippen LogP contribution in [0.25, 0.3) is 0 Å². The normalized spacial score (nSPS) is 13.6. The van der Waals surface area contributed by atoms with Gasteiger partial charge in [0.15, 0.2) is 0 Å². The van der Waals surface area contributed by atoms with Crippen molar-refractivity contribution in [3.8, 4) is 0 Å². The number of alkyl halides is 1. The third kappa shape index (κ3) is 5.18. The van der Waals surface area contributed by atoms with E-state index in [-0.39, 0.29) is 6.10 Å². The smallest absolute Gasteiger partial charge is 0.427 e. The van der Waals surface area contributed by atoms with Gasteiger partial charge in [-0.2, -0.15) is 5.10 Å². The maximum atomic E-state index is 10.9. The van der Waals surface area contributed by atoms with E-state index in [2.05, 4.69) is 31.2 Å². The summed E-state index contributed by atoms with van der Waals surface area (Å²) in [5, 5.41) is 4.45. The molecule has 0 aromatic heterocycles. The Morgan fingerprint density at radius 2 is 2.29 bits per heavy atom. The fourth-order valence-electron chi connectivity index (χ4n) is 0.714. The van der Waals surface area contributed by atoms with E-state index in [4.69, 9.17) is 4.74 Å². The highest BCUT2D eigenvalue weighted by molar-refractivity contribution is 9.09. The number of hydrazone groups is 1. The van der Waals surface area contributed by atoms with Crippen LogP contribution in [0, 0.1) is 0 Å². The number of nitrogens with one attached hydrogen (secondary N) is 1. The molecule has 1 N–H and O–H groups in total. The fraction of sp³-hybridized carbons (Fsp3) is 0.750. The van der Waals surface area contributed by atoms with Crippen molar-refractivity contribution in [3.05, 3.63) is 0 Å². The average molecular weight is 267 g/mol. The predicted molar refractivity (Wildman–Crippen MR) is 57.9 cm³/mol. The van der Waals surface area contributed by atoms with Gasteiger partial charge in [0.05, 0.1) is 12.3 Å². The van der Waals surface area contributed by atoms with Crippen LogP contribution in [-0.4, -0.2) is 37.0 Å². The summed E-state index contributed by atoms with van der Waals surface area (Å²) >= 11 is 3.26. The van der Waals surface area contributed by atoms with Crippen molar-refractivity contribution < 1.29 is 14.3 Å². The first kappa shape index (κ1) is 13.4. The summed E-state index contributed by atoms with van der Waals surface area (Å²) in [4.78, 5) is 10.9. The van der Waals surface area contributed by atoms with Gasteiger partial charge < -0.3 is 9.47 Å². The Morgan fingerprint density at radius 3 is 2.71 bits per heavy atom. The summed E-state index contributed by atoms with van der Waals surface area (Å²) in [6.45, 7) is 3.82. The van der Waals surface area contributed by atoms with Gasteiger partial charge >= 0.3 is 6.09 Å². The first-order valence-electron chi connectivity index (χ1n) is 4.21. The maximum Gasteiger partial charge on any atom is 0.427 e. The van der Waals surface area contributed by atoms with E-state index in [9.17, 15) is 4.79 Å². The van der Waals surface area contributed by atoms with Gasteiger partial charge in [-0.15, -0.1) is 0 Å². The summed E-state index contributed by atoms with van der Waals surface area (Å²) in [6.07, 6.45) is -0.701. The number of nitrogens with zero attached hydrogens (tertiary/aromatic N) is 1. The van der Waals surface area contributed by atoms with Crippen LogP contribution in [0.15, 0.2) is 5.10 Å². The van der Waals surface area contributed by atoms with Crippen LogP contribution in [0.2, 0.25) is 0 Å². The standard InChI is InChI=1S/C8H15BrN2O3/c1-4-14-8(12)11-10-6(2)7(5-9)13-3/h7H,4-5H2,1-3H3,(H,11,12)/b10-6+. The quantitative estimate of drug-likeness (QED) is 0.466. The van der Waals surface area contributed by atoms with Gasteiger partial charge in [-0.05, 0) is 13.8 Å². The first-order chi connectivity index (χ1) is 6.65. The summed E-state index contributed by atoms with van der Waals surface area (Å²) in [7, 11) is 1.58. The molecule has 0 aliphatic rings. The molecule has 14 heavy (non-hydrogen) atoms. The topological polar surface area (TPSA) is 59.9 Å². The molecule has 0 aliphatic carbocycles. The molecule has 0 aromatic carbocycles. The van der Waals surface area contributed by atoms with E-state index in [0.717, 1.165) is 0 Å². The molecule has 1 unspecified atom stereocenters. The Labute approximate surface area is 92.0 Å². The molecule has 0 heterocycles. The van der Waals surface area contributed by atoms with E-state index < -0.39 is 6.09 Å². The van der Waals surface area contributed by atoms with E-state index in [1.54, 1.807) is 21.0 Å². The van der Waals surface area contributed by atoms with Crippen LogP contribution in [0.1, 0.15) is 13.8 Å². The molecule has 82 valence electrons. The Hall–Kier alpha value is -0.620. The zero-order chi connectivity index (χ0) is 11.0. The monoisotopic (exact) mass is 266 g/mol. The third-order valence-electron chi connectivity index (χ3n) is 1.49. The van der Waals surface area contributed by atoms with E-state index in [1.807, 2.05) is 0 Å². The lowest BCUT2D eigenvalue weighted by molar-refractivity contribution is 0.151. The number of carbonyl (C=O) groups excluding carboxylic acids is 1. The van der Waals surface area contributed by atoms with E-state index in [0.29, 0.717) is 17.6 Å². The molecular weight excluding hydrogens is 252 g/mol. The van der Waals surface area contributed by atoms with Crippen molar-refractivity contribution in [1.82, 2.24) is 5.43 Å². The summed E-state index contributed by atoms with van der Waals surface area (Å²) in [5.41, 5.74) is 2.94. The number of halogens is 1. The molecule has 0 rings (SSSR count). The summed E-state index contributed by atoms with van der Waals surface area (Å²) < 4.78 is 9.71. The summed E-state index contributed by atoms with van der Waals surface area (Å²) in [5.74, 6) is 0. The van der Waals surface area contributed by atoms with Gasteiger partial charge in [0.2, 0.25) is 0 Å². The Kier molecular flexibility index (Phi) is 7.41. The van der Waals surface area contributed by atoms with Crippen LogP contribution in [-0.2, 0) is 9.47 Å². The van der Waals surface area contributed by atoms with Crippen molar-refractivity contribution in [2.24, 2.45) is 5.10 Å². The van der Waals surface area contributed by atoms with Gasteiger partial charge in [-0.3, -0.25) is 0 Å². The number of rotatable bonds is 5. The molecule has 0 aliphatic heterocycles. The molecule has 6 heteroatoms. The van der Waals surface area contributed by atoms with Crippen LogP contribution in [0.4, 0.5) is 4.79 Å². The third-order valence-corrected chi connectivity index (χ3v) is 2.08. The SMILES string of the molecule is CCOC(=O)N/N=C(\C)C(CBr)OC. The van der Waals surface area contributed by atoms with Crippen molar-refractivity contribution in [3.63, 3.8) is 0 Å². The lowest BCUT2D eigenvalue weighted by Gasteiger charge is -2.11. The molecule has 0 spiro atoms. The van der Waals surface area contributed by atoms with E-state index >= 15 is 0 Å². The number of hydrogen-bond donors (Lipinski definition) is 1. The molecule has 0 saturated carbocycles. The Morgan fingerprint density at radius 1 is 1.64 bits per heavy atom. The molecular formula is C8H15BrN2O3. The molecule has 0 bridgehead atoms. The minimum absolute atomic E-state index is 0.142. The highest BCUT2D eigenvalue weighted by Crippen LogP contribution is 1.98. The number of methoxy groups -OCH3 is 1. The average Bonchev–Trinajstić information content (AvgIpc) is 2.17. The number of hydrogen-bond acceptors (Lipinski definition) is 4. The van der Waals surface area contributed by atoms with Gasteiger partial charge in [-0.25, -0.2) is 10.2 Å². The largest absolute Gasteiger partial charge is 0.449 e. The van der Waals surface area contributed by atoms with Crippen LogP contribution >= 0.6 is 15.9 Å². The second-order valence-electron chi connectivity index (χ2n) is 2.46. The zero-order valence-electron chi connectivity index (χ0n) is 8.54. The first-order valence-corrected chi connectivity index (χ1v) is 5.33. The maximum absolute atomic E-state index is 10.9. The van der Waals surface area contributed by atoms with Crippen molar-refractivity contribution in [2.45, 2.75) is 20.0 Å². The number of ether oxygens (including phenoxy) is 2. The van der Waals surface area contributed by atoms with Gasteiger partial charge in [0.25, 0.3) is 0 Å². The molecule has 0 saturated heterocycles. The van der Waals surface area contributed by atoms with Gasteiger partial charge in [0, 0.05) is 12.4 Å². The van der Waals surface area contributed by atoms with Crippen molar-refractivity contribution in [2.75, 3.05) is 19.0 Å². The molecule has 0 fully saturated rings. The fourth-order valence-corrected chi connectivity index (χ4v) is 1.45. The lowest BCUT2D eigenvalue weighted by Crippen LogP contribution is -2.27. The molecule has 1 amide bonds. The minimum Gasteiger partial charge on any atom is -0.449 e. The zero-order valence-corrected chi connectivity index (χ0v) is 10.1. The highest BCUT2D eigenvalue weighted by Gasteiger charge is 2.09.